The lowest BCUT2D eigenvalue weighted by molar-refractivity contribution is 0.0693. The lowest BCUT2D eigenvalue weighted by Crippen LogP contribution is -2.28. The molecule has 3 unspecified atom stereocenters. The highest BCUT2D eigenvalue weighted by atomic mass is 32.2. The van der Waals surface area contributed by atoms with Crippen LogP contribution in [0.15, 0.2) is 29.2 Å². The molecule has 1 N–H and O–H groups in total. The van der Waals surface area contributed by atoms with Crippen LogP contribution in [0.1, 0.15) is 43.5 Å². The van der Waals surface area contributed by atoms with Gasteiger partial charge in [0.25, 0.3) is 0 Å². The van der Waals surface area contributed by atoms with Crippen molar-refractivity contribution in [2.75, 3.05) is 0 Å². The molecule has 1 aromatic carbocycles. The maximum absolute atomic E-state index is 12.7. The van der Waals surface area contributed by atoms with Crippen molar-refractivity contribution in [2.24, 2.45) is 11.8 Å². The highest BCUT2D eigenvalue weighted by Gasteiger charge is 2.30. The second kappa shape index (κ2) is 5.87. The van der Waals surface area contributed by atoms with Crippen LogP contribution in [-0.2, 0) is 10.8 Å². The van der Waals surface area contributed by atoms with Gasteiger partial charge < -0.3 is 5.11 Å². The van der Waals surface area contributed by atoms with Crippen LogP contribution >= 0.6 is 0 Å². The highest BCUT2D eigenvalue weighted by Crippen LogP contribution is 2.33. The first-order valence-corrected chi connectivity index (χ1v) is 7.93. The SMILES string of the molecule is CC1CC(C)CC(S(=O)c2ccccc2C(=O)O)C1. The van der Waals surface area contributed by atoms with Crippen molar-refractivity contribution in [1.29, 1.82) is 0 Å². The van der Waals surface area contributed by atoms with E-state index in [1.807, 2.05) is 0 Å². The lowest BCUT2D eigenvalue weighted by Gasteiger charge is -2.31. The normalized spacial score (nSPS) is 28.8. The highest BCUT2D eigenvalue weighted by molar-refractivity contribution is 7.85. The Kier molecular flexibility index (Phi) is 4.40. The van der Waals surface area contributed by atoms with Crippen molar-refractivity contribution in [1.82, 2.24) is 0 Å². The zero-order chi connectivity index (χ0) is 14.0. The first kappa shape index (κ1) is 14.3. The molecule has 3 atom stereocenters. The minimum absolute atomic E-state index is 0.0826. The van der Waals surface area contributed by atoms with E-state index < -0.39 is 16.8 Å². The summed E-state index contributed by atoms with van der Waals surface area (Å²) in [5, 5.41) is 9.27. The average molecular weight is 280 g/mol. The molecular formula is C15H20O3S. The molecule has 0 radical (unpaired) electrons. The largest absolute Gasteiger partial charge is 0.478 e. The van der Waals surface area contributed by atoms with Crippen LogP contribution in [0.5, 0.6) is 0 Å². The third-order valence-electron chi connectivity index (χ3n) is 3.77. The predicted octanol–water partition coefficient (Wildman–Crippen LogP) is 3.32. The fourth-order valence-electron chi connectivity index (χ4n) is 3.05. The predicted molar refractivity (Wildman–Crippen MR) is 75.8 cm³/mol. The molecule has 0 spiro atoms. The fourth-order valence-corrected chi connectivity index (χ4v) is 5.00. The van der Waals surface area contributed by atoms with Gasteiger partial charge in [0.05, 0.1) is 21.3 Å². The summed E-state index contributed by atoms with van der Waals surface area (Å²) in [6.45, 7) is 4.37. The van der Waals surface area contributed by atoms with Gasteiger partial charge in [-0.3, -0.25) is 4.21 Å². The molecule has 2 rings (SSSR count). The monoisotopic (exact) mass is 280 g/mol. The van der Waals surface area contributed by atoms with Gasteiger partial charge in [-0.15, -0.1) is 0 Å². The Hall–Kier alpha value is -1.16. The molecule has 1 fully saturated rings. The zero-order valence-corrected chi connectivity index (χ0v) is 12.2. The summed E-state index contributed by atoms with van der Waals surface area (Å²) in [6.07, 6.45) is 3.02. The summed E-state index contributed by atoms with van der Waals surface area (Å²) in [5.74, 6) is 0.130. The van der Waals surface area contributed by atoms with Crippen LogP contribution in [0.25, 0.3) is 0 Å². The van der Waals surface area contributed by atoms with Crippen molar-refractivity contribution >= 4 is 16.8 Å². The third-order valence-corrected chi connectivity index (χ3v) is 5.55. The van der Waals surface area contributed by atoms with E-state index in [0.29, 0.717) is 16.7 Å². The molecular weight excluding hydrogens is 260 g/mol. The van der Waals surface area contributed by atoms with E-state index >= 15 is 0 Å². The number of carboxylic acid groups (broad SMARTS) is 1. The number of rotatable bonds is 3. The molecule has 0 aliphatic heterocycles. The van der Waals surface area contributed by atoms with Crippen LogP contribution in [-0.4, -0.2) is 20.5 Å². The van der Waals surface area contributed by atoms with E-state index in [9.17, 15) is 14.1 Å². The molecule has 0 heterocycles. The molecule has 3 nitrogen and oxygen atoms in total. The third kappa shape index (κ3) is 3.24. The molecule has 1 aliphatic rings. The number of hydrogen-bond acceptors (Lipinski definition) is 2. The Morgan fingerprint density at radius 3 is 2.32 bits per heavy atom. The van der Waals surface area contributed by atoms with Crippen LogP contribution in [0.2, 0.25) is 0 Å². The van der Waals surface area contributed by atoms with Crippen molar-refractivity contribution in [2.45, 2.75) is 43.3 Å². The van der Waals surface area contributed by atoms with Crippen molar-refractivity contribution in [3.05, 3.63) is 29.8 Å². The maximum atomic E-state index is 12.7. The second-order valence-corrected chi connectivity index (χ2v) is 7.34. The Balaban J connectivity index is 2.27. The van der Waals surface area contributed by atoms with Gasteiger partial charge in [0, 0.05) is 5.25 Å². The Morgan fingerprint density at radius 2 is 1.74 bits per heavy atom. The molecule has 0 bridgehead atoms. The van der Waals surface area contributed by atoms with Gasteiger partial charge >= 0.3 is 5.97 Å². The number of carbonyl (C=O) groups is 1. The smallest absolute Gasteiger partial charge is 0.336 e. The average Bonchev–Trinajstić information content (AvgIpc) is 2.36. The summed E-state index contributed by atoms with van der Waals surface area (Å²) >= 11 is 0. The van der Waals surface area contributed by atoms with Gasteiger partial charge in [-0.25, -0.2) is 4.79 Å². The quantitative estimate of drug-likeness (QED) is 0.924. The van der Waals surface area contributed by atoms with E-state index in [4.69, 9.17) is 0 Å². The minimum atomic E-state index is -1.22. The van der Waals surface area contributed by atoms with Gasteiger partial charge in [-0.1, -0.05) is 26.0 Å². The van der Waals surface area contributed by atoms with Gasteiger partial charge in [0.2, 0.25) is 0 Å². The van der Waals surface area contributed by atoms with Crippen LogP contribution < -0.4 is 0 Å². The van der Waals surface area contributed by atoms with Crippen molar-refractivity contribution in [3.63, 3.8) is 0 Å². The number of carboxylic acids is 1. The van der Waals surface area contributed by atoms with Crippen LogP contribution in [0.4, 0.5) is 0 Å². The molecule has 0 amide bonds. The van der Waals surface area contributed by atoms with Crippen LogP contribution in [0.3, 0.4) is 0 Å². The Morgan fingerprint density at radius 1 is 1.16 bits per heavy atom. The van der Waals surface area contributed by atoms with E-state index in [1.165, 1.54) is 12.5 Å². The second-order valence-electron chi connectivity index (χ2n) is 5.64. The van der Waals surface area contributed by atoms with Gasteiger partial charge in [0.1, 0.15) is 0 Å². The molecule has 104 valence electrons. The Labute approximate surface area is 116 Å². The van der Waals surface area contributed by atoms with E-state index in [1.54, 1.807) is 18.2 Å². The molecule has 19 heavy (non-hydrogen) atoms. The summed E-state index contributed by atoms with van der Waals surface area (Å²) in [5.41, 5.74) is 0.173. The molecule has 1 aromatic rings. The maximum Gasteiger partial charge on any atom is 0.336 e. The fraction of sp³-hybridized carbons (Fsp3) is 0.533. The molecule has 0 saturated heterocycles. The summed E-state index contributed by atoms with van der Waals surface area (Å²) < 4.78 is 12.7. The van der Waals surface area contributed by atoms with Crippen molar-refractivity contribution < 1.29 is 14.1 Å². The van der Waals surface area contributed by atoms with E-state index in [0.717, 1.165) is 12.8 Å². The van der Waals surface area contributed by atoms with Gasteiger partial charge in [-0.2, -0.15) is 0 Å². The zero-order valence-electron chi connectivity index (χ0n) is 11.3. The molecule has 1 saturated carbocycles. The van der Waals surface area contributed by atoms with Gasteiger partial charge in [-0.05, 0) is 43.2 Å². The van der Waals surface area contributed by atoms with E-state index in [-0.39, 0.29) is 10.8 Å². The lowest BCUT2D eigenvalue weighted by atomic mass is 9.83. The molecule has 1 aliphatic carbocycles. The van der Waals surface area contributed by atoms with Crippen molar-refractivity contribution in [3.8, 4) is 0 Å². The topological polar surface area (TPSA) is 54.4 Å². The van der Waals surface area contributed by atoms with E-state index in [2.05, 4.69) is 13.8 Å². The minimum Gasteiger partial charge on any atom is -0.478 e. The molecule has 0 aromatic heterocycles. The summed E-state index contributed by atoms with van der Waals surface area (Å²) in [4.78, 5) is 11.7. The number of benzene rings is 1. The standard InChI is InChI=1S/C15H20O3S/c1-10-7-11(2)9-12(8-10)19(18)14-6-4-3-5-13(14)15(16)17/h3-6,10-12H,7-9H2,1-2H3,(H,16,17). The summed E-state index contributed by atoms with van der Waals surface area (Å²) in [6, 6.07) is 6.65. The first-order valence-electron chi connectivity index (χ1n) is 6.72. The number of hydrogen-bond donors (Lipinski definition) is 1. The summed E-state index contributed by atoms with van der Waals surface area (Å²) in [7, 11) is -1.22. The van der Waals surface area contributed by atoms with Crippen LogP contribution in [0, 0.1) is 11.8 Å². The number of aromatic carboxylic acids is 1. The molecule has 4 heteroatoms. The Bertz CT molecular complexity index is 488. The first-order chi connectivity index (χ1) is 8.99. The van der Waals surface area contributed by atoms with Gasteiger partial charge in [0.15, 0.2) is 0 Å².